The molecule has 0 aliphatic carbocycles. The maximum absolute atomic E-state index is 11.5. The summed E-state index contributed by atoms with van der Waals surface area (Å²) in [6.07, 6.45) is 2.01. The molecular weight excluding hydrogens is 188 g/mol. The molecule has 2 nitrogen and oxygen atoms in total. The third-order valence-electron chi connectivity index (χ3n) is 2.11. The van der Waals surface area contributed by atoms with Crippen molar-refractivity contribution < 1.29 is 9.59 Å². The molecule has 1 aromatic rings. The van der Waals surface area contributed by atoms with Gasteiger partial charge in [-0.2, -0.15) is 0 Å². The topological polar surface area (TPSA) is 34.1 Å². The van der Waals surface area contributed by atoms with E-state index >= 15 is 0 Å². The molecule has 0 spiro atoms. The smallest absolute Gasteiger partial charge is 0.166 e. The van der Waals surface area contributed by atoms with E-state index in [2.05, 4.69) is 0 Å². The van der Waals surface area contributed by atoms with Crippen LogP contribution < -0.4 is 0 Å². The van der Waals surface area contributed by atoms with Crippen molar-refractivity contribution in [3.8, 4) is 0 Å². The molecule has 0 bridgehead atoms. The number of benzene rings is 1. The molecule has 0 radical (unpaired) electrons. The molecular formula is C13H14O2. The van der Waals surface area contributed by atoms with Crippen molar-refractivity contribution in [3.05, 3.63) is 41.5 Å². The van der Waals surface area contributed by atoms with Gasteiger partial charge >= 0.3 is 0 Å². The van der Waals surface area contributed by atoms with Gasteiger partial charge in [-0.05, 0) is 18.6 Å². The molecule has 0 fully saturated rings. The highest BCUT2D eigenvalue weighted by Crippen LogP contribution is 2.09. The Morgan fingerprint density at radius 2 is 1.80 bits per heavy atom. The molecule has 0 saturated carbocycles. The van der Waals surface area contributed by atoms with Gasteiger partial charge in [0.1, 0.15) is 0 Å². The van der Waals surface area contributed by atoms with Gasteiger partial charge in [0.05, 0.1) is 5.57 Å². The summed E-state index contributed by atoms with van der Waals surface area (Å²) in [5.74, 6) is -0.281. The molecule has 0 N–H and O–H groups in total. The number of allylic oxidation sites excluding steroid dienone is 1. The van der Waals surface area contributed by atoms with E-state index in [1.54, 1.807) is 13.0 Å². The fourth-order valence-corrected chi connectivity index (χ4v) is 1.28. The lowest BCUT2D eigenvalue weighted by Crippen LogP contribution is -2.08. The van der Waals surface area contributed by atoms with Crippen LogP contribution in [0, 0.1) is 0 Å². The summed E-state index contributed by atoms with van der Waals surface area (Å²) in [4.78, 5) is 22.7. The summed E-state index contributed by atoms with van der Waals surface area (Å²) in [6.45, 7) is 3.17. The van der Waals surface area contributed by atoms with Crippen molar-refractivity contribution in [3.63, 3.8) is 0 Å². The molecule has 0 aliphatic heterocycles. The standard InChI is InChI=1S/C13H14O2/c1-3-13(15)12(10(2)14)9-11-7-5-4-6-8-11/h4-9H,3H2,1-2H3/b12-9+. The van der Waals surface area contributed by atoms with Crippen LogP contribution in [0.3, 0.4) is 0 Å². The van der Waals surface area contributed by atoms with Crippen LogP contribution in [-0.4, -0.2) is 11.6 Å². The maximum atomic E-state index is 11.5. The third-order valence-corrected chi connectivity index (χ3v) is 2.11. The van der Waals surface area contributed by atoms with Crippen molar-refractivity contribution in [1.82, 2.24) is 0 Å². The van der Waals surface area contributed by atoms with Gasteiger partial charge < -0.3 is 0 Å². The predicted octanol–water partition coefficient (Wildman–Crippen LogP) is 2.64. The highest BCUT2D eigenvalue weighted by atomic mass is 16.1. The van der Waals surface area contributed by atoms with E-state index in [1.165, 1.54) is 6.92 Å². The second-order valence-electron chi connectivity index (χ2n) is 3.30. The SMILES string of the molecule is CCC(=O)/C(=C/c1ccccc1)C(C)=O. The summed E-state index contributed by atoms with van der Waals surface area (Å²) in [6, 6.07) is 9.38. The fraction of sp³-hybridized carbons (Fsp3) is 0.231. The molecule has 0 heterocycles. The monoisotopic (exact) mass is 202 g/mol. The molecule has 1 aromatic carbocycles. The van der Waals surface area contributed by atoms with Crippen molar-refractivity contribution in [2.45, 2.75) is 20.3 Å². The molecule has 15 heavy (non-hydrogen) atoms. The minimum atomic E-state index is -0.175. The number of rotatable bonds is 4. The fourth-order valence-electron chi connectivity index (χ4n) is 1.28. The molecule has 0 saturated heterocycles. The van der Waals surface area contributed by atoms with Gasteiger partial charge in [-0.1, -0.05) is 37.3 Å². The quantitative estimate of drug-likeness (QED) is 0.427. The lowest BCUT2D eigenvalue weighted by Gasteiger charge is -2.00. The van der Waals surface area contributed by atoms with Crippen LogP contribution in [0.1, 0.15) is 25.8 Å². The van der Waals surface area contributed by atoms with E-state index in [1.807, 2.05) is 30.3 Å². The number of Topliss-reactive ketones (excluding diaryl/α,β-unsaturated/α-hetero) is 2. The van der Waals surface area contributed by atoms with Gasteiger partial charge in [-0.15, -0.1) is 0 Å². The molecule has 0 atom stereocenters. The van der Waals surface area contributed by atoms with Crippen LogP contribution in [0.2, 0.25) is 0 Å². The average molecular weight is 202 g/mol. The summed E-state index contributed by atoms with van der Waals surface area (Å²) < 4.78 is 0. The van der Waals surface area contributed by atoms with Crippen LogP contribution in [0.15, 0.2) is 35.9 Å². The number of carbonyl (C=O) groups excluding carboxylic acids is 2. The van der Waals surface area contributed by atoms with Crippen LogP contribution in [-0.2, 0) is 9.59 Å². The lowest BCUT2D eigenvalue weighted by atomic mass is 10.0. The molecule has 2 heteroatoms. The molecule has 1 rings (SSSR count). The highest BCUT2D eigenvalue weighted by molar-refractivity contribution is 6.22. The van der Waals surface area contributed by atoms with Crippen LogP contribution >= 0.6 is 0 Å². The molecule has 0 aliphatic rings. The molecule has 0 amide bonds. The van der Waals surface area contributed by atoms with Gasteiger partial charge in [0.2, 0.25) is 0 Å². The van der Waals surface area contributed by atoms with E-state index in [4.69, 9.17) is 0 Å². The third kappa shape index (κ3) is 3.17. The highest BCUT2D eigenvalue weighted by Gasteiger charge is 2.11. The van der Waals surface area contributed by atoms with Gasteiger partial charge in [-0.3, -0.25) is 9.59 Å². The normalized spacial score (nSPS) is 11.2. The van der Waals surface area contributed by atoms with E-state index in [9.17, 15) is 9.59 Å². The first-order valence-corrected chi connectivity index (χ1v) is 4.96. The number of ketones is 2. The second kappa shape index (κ2) is 5.25. The summed E-state index contributed by atoms with van der Waals surface area (Å²) >= 11 is 0. The Balaban J connectivity index is 3.05. The zero-order chi connectivity index (χ0) is 11.3. The Morgan fingerprint density at radius 1 is 1.20 bits per heavy atom. The first-order chi connectivity index (χ1) is 7.15. The van der Waals surface area contributed by atoms with E-state index in [0.717, 1.165) is 5.56 Å². The Labute approximate surface area is 89.6 Å². The average Bonchev–Trinajstić information content (AvgIpc) is 2.26. The van der Waals surface area contributed by atoms with E-state index in [0.29, 0.717) is 6.42 Å². The Hall–Kier alpha value is -1.70. The minimum absolute atomic E-state index is 0.105. The largest absolute Gasteiger partial charge is 0.294 e. The maximum Gasteiger partial charge on any atom is 0.166 e. The number of hydrogen-bond donors (Lipinski definition) is 0. The van der Waals surface area contributed by atoms with Crippen molar-refractivity contribution in [1.29, 1.82) is 0 Å². The number of carbonyl (C=O) groups is 2. The predicted molar refractivity (Wildman–Crippen MR) is 60.4 cm³/mol. The van der Waals surface area contributed by atoms with Gasteiger partial charge in [0.25, 0.3) is 0 Å². The van der Waals surface area contributed by atoms with Gasteiger partial charge in [0.15, 0.2) is 11.6 Å². The second-order valence-corrected chi connectivity index (χ2v) is 3.30. The first-order valence-electron chi connectivity index (χ1n) is 4.96. The number of hydrogen-bond acceptors (Lipinski definition) is 2. The summed E-state index contributed by atoms with van der Waals surface area (Å²) in [5.41, 5.74) is 1.16. The summed E-state index contributed by atoms with van der Waals surface area (Å²) in [7, 11) is 0. The molecule has 0 unspecified atom stereocenters. The van der Waals surface area contributed by atoms with Crippen molar-refractivity contribution in [2.75, 3.05) is 0 Å². The zero-order valence-electron chi connectivity index (χ0n) is 8.99. The first kappa shape index (κ1) is 11.4. The van der Waals surface area contributed by atoms with E-state index < -0.39 is 0 Å². The Kier molecular flexibility index (Phi) is 3.98. The van der Waals surface area contributed by atoms with E-state index in [-0.39, 0.29) is 17.1 Å². The van der Waals surface area contributed by atoms with Gasteiger partial charge in [0, 0.05) is 6.42 Å². The zero-order valence-corrected chi connectivity index (χ0v) is 8.99. The van der Waals surface area contributed by atoms with Crippen LogP contribution in [0.5, 0.6) is 0 Å². The van der Waals surface area contributed by atoms with Crippen LogP contribution in [0.4, 0.5) is 0 Å². The summed E-state index contributed by atoms with van der Waals surface area (Å²) in [5, 5.41) is 0. The Morgan fingerprint density at radius 3 is 2.27 bits per heavy atom. The van der Waals surface area contributed by atoms with Gasteiger partial charge in [-0.25, -0.2) is 0 Å². The minimum Gasteiger partial charge on any atom is -0.294 e. The lowest BCUT2D eigenvalue weighted by molar-refractivity contribution is -0.120. The molecule has 78 valence electrons. The molecule has 0 aromatic heterocycles. The van der Waals surface area contributed by atoms with Crippen molar-refractivity contribution in [2.24, 2.45) is 0 Å². The Bertz CT molecular complexity index is 388. The van der Waals surface area contributed by atoms with Crippen molar-refractivity contribution >= 4 is 17.6 Å². The van der Waals surface area contributed by atoms with Crippen LogP contribution in [0.25, 0.3) is 6.08 Å².